The van der Waals surface area contributed by atoms with Crippen LogP contribution in [0.5, 0.6) is 0 Å². The first kappa shape index (κ1) is 19.4. The van der Waals surface area contributed by atoms with Gasteiger partial charge in [0.15, 0.2) is 0 Å². The Kier molecular flexibility index (Phi) is 5.49. The van der Waals surface area contributed by atoms with E-state index in [9.17, 15) is 14.4 Å². The van der Waals surface area contributed by atoms with Gasteiger partial charge in [0.2, 0.25) is 5.91 Å². The van der Waals surface area contributed by atoms with E-state index in [1.165, 1.54) is 17.7 Å². The van der Waals surface area contributed by atoms with E-state index < -0.39 is 5.54 Å². The van der Waals surface area contributed by atoms with Crippen molar-refractivity contribution in [1.82, 2.24) is 20.4 Å². The summed E-state index contributed by atoms with van der Waals surface area (Å²) in [5.41, 5.74) is -0.680. The van der Waals surface area contributed by atoms with Crippen LogP contribution in [0.25, 0.3) is 0 Å². The Labute approximate surface area is 160 Å². The smallest absolute Gasteiger partial charge is 0.325 e. The molecule has 3 saturated heterocycles. The molecule has 3 heterocycles. The van der Waals surface area contributed by atoms with Crippen LogP contribution in [0.4, 0.5) is 4.79 Å². The number of halogens is 1. The molecule has 3 aliphatic heterocycles. The normalized spacial score (nSPS) is 31.9. The predicted molar refractivity (Wildman–Crippen MR) is 99.0 cm³/mol. The largest absolute Gasteiger partial charge is 0.343 e. The number of hydrogen-bond donors (Lipinski definition) is 2. The van der Waals surface area contributed by atoms with E-state index in [2.05, 4.69) is 10.6 Å². The molecule has 2 bridgehead atoms. The first-order valence-electron chi connectivity index (χ1n) is 9.64. The van der Waals surface area contributed by atoms with Crippen LogP contribution in [0.3, 0.4) is 0 Å². The second-order valence-corrected chi connectivity index (χ2v) is 8.19. The van der Waals surface area contributed by atoms with Crippen LogP contribution in [-0.4, -0.2) is 64.9 Å². The summed E-state index contributed by atoms with van der Waals surface area (Å²) in [6, 6.07) is 1.01. The molecule has 1 spiro atoms. The third-order valence-corrected chi connectivity index (χ3v) is 6.64. The summed E-state index contributed by atoms with van der Waals surface area (Å²) in [6.45, 7) is 0.188. The third-order valence-electron chi connectivity index (χ3n) is 6.64. The fraction of sp³-hybridized carbons (Fsp3) is 0.833. The van der Waals surface area contributed by atoms with Crippen molar-refractivity contribution in [2.45, 2.75) is 81.5 Å². The van der Waals surface area contributed by atoms with Crippen molar-refractivity contribution in [2.24, 2.45) is 0 Å². The molecule has 146 valence electrons. The molecule has 4 aliphatic rings. The van der Waals surface area contributed by atoms with Crippen molar-refractivity contribution in [3.63, 3.8) is 0 Å². The first-order chi connectivity index (χ1) is 12.0. The number of imide groups is 1. The Hall–Kier alpha value is -1.34. The highest BCUT2D eigenvalue weighted by Gasteiger charge is 2.52. The Balaban J connectivity index is 0.00000196. The number of carbonyl (C=O) groups excluding carboxylic acids is 3. The summed E-state index contributed by atoms with van der Waals surface area (Å²) < 4.78 is 0. The predicted octanol–water partition coefficient (Wildman–Crippen LogP) is 1.40. The van der Waals surface area contributed by atoms with Gasteiger partial charge in [0.05, 0.1) is 0 Å². The number of urea groups is 1. The van der Waals surface area contributed by atoms with Gasteiger partial charge in [-0.3, -0.25) is 14.5 Å². The number of hydrogen-bond acceptors (Lipinski definition) is 4. The maximum atomic E-state index is 12.6. The van der Waals surface area contributed by atoms with E-state index in [0.717, 1.165) is 38.5 Å². The molecule has 0 radical (unpaired) electrons. The number of amides is 4. The van der Waals surface area contributed by atoms with Gasteiger partial charge in [-0.15, -0.1) is 12.4 Å². The van der Waals surface area contributed by atoms with Crippen LogP contribution in [0, 0.1) is 0 Å². The summed E-state index contributed by atoms with van der Waals surface area (Å²) in [6.07, 6.45) is 8.02. The zero-order valence-corrected chi connectivity index (χ0v) is 16.1. The zero-order chi connectivity index (χ0) is 17.6. The lowest BCUT2D eigenvalue weighted by Crippen LogP contribution is -2.49. The minimum absolute atomic E-state index is 0. The van der Waals surface area contributed by atoms with Crippen molar-refractivity contribution in [1.29, 1.82) is 0 Å². The summed E-state index contributed by atoms with van der Waals surface area (Å²) in [7, 11) is 1.86. The van der Waals surface area contributed by atoms with Crippen LogP contribution in [-0.2, 0) is 9.59 Å². The van der Waals surface area contributed by atoms with Gasteiger partial charge in [0, 0.05) is 38.1 Å². The number of rotatable bonds is 4. The maximum absolute atomic E-state index is 12.6. The van der Waals surface area contributed by atoms with Crippen LogP contribution in [0.15, 0.2) is 0 Å². The van der Waals surface area contributed by atoms with Crippen molar-refractivity contribution in [3.05, 3.63) is 0 Å². The standard InChI is InChI=1S/C18H28N4O3.ClH/c1-21(14-10-12-4-5-13(11-14)19-12)15(23)6-9-22-16(24)18(20-17(22)25)7-2-3-8-18;/h12-14,19H,2-11H2,1H3,(H,20,25);1H. The van der Waals surface area contributed by atoms with Crippen LogP contribution >= 0.6 is 12.4 Å². The average Bonchev–Trinajstić information content (AvgIpc) is 3.26. The molecule has 1 aliphatic carbocycles. The van der Waals surface area contributed by atoms with E-state index in [-0.39, 0.29) is 49.3 Å². The van der Waals surface area contributed by atoms with Gasteiger partial charge in [-0.25, -0.2) is 4.79 Å². The molecule has 0 aromatic carbocycles. The van der Waals surface area contributed by atoms with Crippen molar-refractivity contribution in [2.75, 3.05) is 13.6 Å². The Morgan fingerprint density at radius 2 is 1.81 bits per heavy atom. The molecule has 0 aromatic heterocycles. The van der Waals surface area contributed by atoms with E-state index in [4.69, 9.17) is 0 Å². The van der Waals surface area contributed by atoms with Crippen molar-refractivity contribution >= 4 is 30.3 Å². The number of fused-ring (bicyclic) bond motifs is 2. The van der Waals surface area contributed by atoms with Crippen LogP contribution < -0.4 is 10.6 Å². The molecule has 1 saturated carbocycles. The SMILES string of the molecule is CN(C(=O)CCN1C(=O)NC2(CCCC2)C1=O)C1CC2CCC(C1)N2.Cl. The minimum Gasteiger partial charge on any atom is -0.343 e. The molecule has 4 rings (SSSR count). The van der Waals surface area contributed by atoms with Gasteiger partial charge in [0.25, 0.3) is 5.91 Å². The fourth-order valence-electron chi connectivity index (χ4n) is 5.13. The molecule has 0 aromatic rings. The lowest BCUT2D eigenvalue weighted by Gasteiger charge is -2.35. The Bertz CT molecular complexity index is 581. The van der Waals surface area contributed by atoms with Crippen LogP contribution in [0.1, 0.15) is 57.8 Å². The highest BCUT2D eigenvalue weighted by Crippen LogP contribution is 2.35. The monoisotopic (exact) mass is 384 g/mol. The number of piperidine rings is 1. The van der Waals surface area contributed by atoms with E-state index in [1.54, 1.807) is 0 Å². The highest BCUT2D eigenvalue weighted by atomic mass is 35.5. The van der Waals surface area contributed by atoms with Gasteiger partial charge >= 0.3 is 6.03 Å². The summed E-state index contributed by atoms with van der Waals surface area (Å²) in [5, 5.41) is 6.46. The molecule has 2 atom stereocenters. The van der Waals surface area contributed by atoms with E-state index in [1.807, 2.05) is 11.9 Å². The second kappa shape index (κ2) is 7.35. The second-order valence-electron chi connectivity index (χ2n) is 8.19. The molecule has 8 heteroatoms. The number of nitrogens with zero attached hydrogens (tertiary/aromatic N) is 2. The maximum Gasteiger partial charge on any atom is 0.325 e. The van der Waals surface area contributed by atoms with Crippen LogP contribution in [0.2, 0.25) is 0 Å². The van der Waals surface area contributed by atoms with E-state index in [0.29, 0.717) is 12.1 Å². The molecule has 7 nitrogen and oxygen atoms in total. The van der Waals surface area contributed by atoms with E-state index >= 15 is 0 Å². The van der Waals surface area contributed by atoms with Gasteiger partial charge in [-0.05, 0) is 38.5 Å². The summed E-state index contributed by atoms with van der Waals surface area (Å²) in [4.78, 5) is 40.5. The highest BCUT2D eigenvalue weighted by molar-refractivity contribution is 6.07. The molecule has 4 amide bonds. The molecule has 2 unspecified atom stereocenters. The van der Waals surface area contributed by atoms with Crippen molar-refractivity contribution in [3.8, 4) is 0 Å². The van der Waals surface area contributed by atoms with Gasteiger partial charge < -0.3 is 15.5 Å². The van der Waals surface area contributed by atoms with Gasteiger partial charge in [0.1, 0.15) is 5.54 Å². The lowest BCUT2D eigenvalue weighted by atomic mass is 9.98. The molecule has 26 heavy (non-hydrogen) atoms. The van der Waals surface area contributed by atoms with Gasteiger partial charge in [-0.2, -0.15) is 0 Å². The molecular weight excluding hydrogens is 356 g/mol. The number of carbonyl (C=O) groups is 3. The first-order valence-corrected chi connectivity index (χ1v) is 9.64. The summed E-state index contributed by atoms with van der Waals surface area (Å²) >= 11 is 0. The quantitative estimate of drug-likeness (QED) is 0.718. The molecule has 4 fully saturated rings. The third kappa shape index (κ3) is 3.31. The Morgan fingerprint density at radius 3 is 2.42 bits per heavy atom. The topological polar surface area (TPSA) is 81.8 Å². The minimum atomic E-state index is -0.680. The Morgan fingerprint density at radius 1 is 1.19 bits per heavy atom. The average molecular weight is 385 g/mol. The van der Waals surface area contributed by atoms with Gasteiger partial charge in [-0.1, -0.05) is 12.8 Å². The summed E-state index contributed by atoms with van der Waals surface area (Å²) in [5.74, 6) is -0.107. The van der Waals surface area contributed by atoms with Crippen molar-refractivity contribution < 1.29 is 14.4 Å². The zero-order valence-electron chi connectivity index (χ0n) is 15.3. The molecular formula is C18H29ClN4O3. The lowest BCUT2D eigenvalue weighted by molar-refractivity contribution is -0.134. The fourth-order valence-corrected chi connectivity index (χ4v) is 5.13. The number of nitrogens with one attached hydrogen (secondary N) is 2. The molecule has 2 N–H and O–H groups in total.